The molecule has 11 heteroatoms. The highest BCUT2D eigenvalue weighted by Crippen LogP contribution is 2.28. The number of benzene rings is 1. The summed E-state index contributed by atoms with van der Waals surface area (Å²) in [5, 5.41) is 38.2. The lowest BCUT2D eigenvalue weighted by Gasteiger charge is -2.27. The monoisotopic (exact) mass is 389 g/mol. The third-order valence-corrected chi connectivity index (χ3v) is 4.15. The molecule has 8 nitrogen and oxygen atoms in total. The lowest BCUT2D eigenvalue weighted by atomic mass is 9.87. The molecule has 0 saturated carbocycles. The molecule has 1 aromatic carbocycles. The highest BCUT2D eigenvalue weighted by molar-refractivity contribution is 5.86. The zero-order valence-corrected chi connectivity index (χ0v) is 13.7. The van der Waals surface area contributed by atoms with Crippen LogP contribution in [0.4, 0.5) is 13.2 Å². The highest BCUT2D eigenvalue weighted by atomic mass is 19.3. The molecule has 0 aliphatic heterocycles. The van der Waals surface area contributed by atoms with Crippen LogP contribution in [0.15, 0.2) is 29.1 Å². The van der Waals surface area contributed by atoms with Crippen LogP contribution in [-0.2, 0) is 4.79 Å². The molecule has 0 fully saturated rings. The maximum absolute atomic E-state index is 13.6. The molecule has 0 spiro atoms. The normalized spacial score (nSPS) is 16.3. The van der Waals surface area contributed by atoms with Gasteiger partial charge in [-0.15, -0.1) is 0 Å². The number of aliphatic hydroxyl groups is 4. The lowest BCUT2D eigenvalue weighted by molar-refractivity contribution is -0.128. The van der Waals surface area contributed by atoms with Gasteiger partial charge in [-0.25, -0.2) is 8.96 Å². The van der Waals surface area contributed by atoms with Gasteiger partial charge in [0.05, 0.1) is 24.1 Å². The van der Waals surface area contributed by atoms with Crippen molar-refractivity contribution < 1.29 is 38.4 Å². The Morgan fingerprint density at radius 1 is 1.15 bits per heavy atom. The quantitative estimate of drug-likeness (QED) is 0.418. The summed E-state index contributed by atoms with van der Waals surface area (Å²) in [5.41, 5.74) is 3.05. The summed E-state index contributed by atoms with van der Waals surface area (Å²) in [7, 11) is 0. The SMILES string of the molecule is NC(=O)[C@H](c1ccc2cc([18F])c(=O)n(C(F)F)c2c1)[C@@H](O)[C@H](O)[C@H](O)CO. The second kappa shape index (κ2) is 8.05. The highest BCUT2D eigenvalue weighted by Gasteiger charge is 2.35. The number of fused-ring (bicyclic) bond motifs is 1. The Morgan fingerprint density at radius 2 is 1.78 bits per heavy atom. The molecule has 0 bridgehead atoms. The van der Waals surface area contributed by atoms with Crippen LogP contribution >= 0.6 is 0 Å². The number of alkyl halides is 2. The van der Waals surface area contributed by atoms with E-state index < -0.39 is 60.2 Å². The Balaban J connectivity index is 2.65. The number of hydrogen-bond acceptors (Lipinski definition) is 6. The molecule has 0 unspecified atom stereocenters. The van der Waals surface area contributed by atoms with Crippen LogP contribution in [0.25, 0.3) is 10.9 Å². The van der Waals surface area contributed by atoms with Crippen LogP contribution in [-0.4, -0.2) is 55.8 Å². The second-order valence-electron chi connectivity index (χ2n) is 5.87. The van der Waals surface area contributed by atoms with E-state index in [0.717, 1.165) is 18.2 Å². The summed E-state index contributed by atoms with van der Waals surface area (Å²) in [5.74, 6) is -4.24. The number of primary amides is 1. The number of nitrogens with two attached hydrogens (primary N) is 1. The van der Waals surface area contributed by atoms with Crippen LogP contribution in [0.2, 0.25) is 0 Å². The van der Waals surface area contributed by atoms with Crippen molar-refractivity contribution in [3.05, 3.63) is 46.0 Å². The average Bonchev–Trinajstić information content (AvgIpc) is 2.61. The van der Waals surface area contributed by atoms with E-state index in [0.29, 0.717) is 0 Å². The zero-order valence-electron chi connectivity index (χ0n) is 13.7. The van der Waals surface area contributed by atoms with Gasteiger partial charge in [0.15, 0.2) is 5.82 Å². The van der Waals surface area contributed by atoms with E-state index in [4.69, 9.17) is 10.8 Å². The number of aromatic nitrogens is 1. The maximum atomic E-state index is 13.6. The number of rotatable bonds is 7. The van der Waals surface area contributed by atoms with E-state index in [1.807, 2.05) is 0 Å². The van der Waals surface area contributed by atoms with Gasteiger partial charge in [-0.1, -0.05) is 12.1 Å². The summed E-state index contributed by atoms with van der Waals surface area (Å²) < 4.78 is 39.9. The van der Waals surface area contributed by atoms with Gasteiger partial charge in [-0.3, -0.25) is 9.59 Å². The van der Waals surface area contributed by atoms with E-state index in [9.17, 15) is 38.1 Å². The number of amides is 1. The summed E-state index contributed by atoms with van der Waals surface area (Å²) in [6.45, 7) is -4.31. The van der Waals surface area contributed by atoms with Crippen LogP contribution in [0.5, 0.6) is 0 Å². The number of aliphatic hydroxyl groups excluding tert-OH is 4. The van der Waals surface area contributed by atoms with Gasteiger partial charge in [0, 0.05) is 5.39 Å². The topological polar surface area (TPSA) is 146 Å². The Hall–Kier alpha value is -2.47. The lowest BCUT2D eigenvalue weighted by Crippen LogP contribution is -2.46. The fourth-order valence-corrected chi connectivity index (χ4v) is 2.76. The molecular formula is C16H17F3N2O6. The van der Waals surface area contributed by atoms with Gasteiger partial charge in [-0.2, -0.15) is 8.78 Å². The summed E-state index contributed by atoms with van der Waals surface area (Å²) >= 11 is 0. The minimum absolute atomic E-state index is 0.0789. The number of pyridine rings is 1. The van der Waals surface area contributed by atoms with Crippen molar-refractivity contribution in [3.8, 4) is 0 Å². The largest absolute Gasteiger partial charge is 0.394 e. The van der Waals surface area contributed by atoms with Gasteiger partial charge in [0.25, 0.3) is 5.56 Å². The van der Waals surface area contributed by atoms with Crippen molar-refractivity contribution >= 4 is 16.8 Å². The molecule has 6 N–H and O–H groups in total. The van der Waals surface area contributed by atoms with Crippen molar-refractivity contribution in [3.63, 3.8) is 0 Å². The van der Waals surface area contributed by atoms with Crippen molar-refractivity contribution in [2.75, 3.05) is 6.61 Å². The molecule has 0 saturated heterocycles. The number of nitrogens with zero attached hydrogens (tertiary/aromatic N) is 1. The number of carbonyl (C=O) groups is 1. The smallest absolute Gasteiger partial charge is 0.321 e. The number of carbonyl (C=O) groups excluding carboxylic acids is 1. The van der Waals surface area contributed by atoms with Crippen molar-refractivity contribution in [2.45, 2.75) is 30.8 Å². The zero-order chi connectivity index (χ0) is 20.5. The Kier molecular flexibility index (Phi) is 6.21. The van der Waals surface area contributed by atoms with Crippen LogP contribution in [0.1, 0.15) is 18.0 Å². The molecule has 2 aromatic rings. The third kappa shape index (κ3) is 3.95. The Bertz CT molecular complexity index is 904. The van der Waals surface area contributed by atoms with Crippen molar-refractivity contribution in [1.82, 2.24) is 4.57 Å². The molecule has 1 heterocycles. The van der Waals surface area contributed by atoms with Crippen LogP contribution in [0.3, 0.4) is 0 Å². The number of halogens is 3. The molecule has 4 atom stereocenters. The average molecular weight is 389 g/mol. The molecule has 1 amide bonds. The molecule has 0 aliphatic rings. The van der Waals surface area contributed by atoms with Crippen molar-refractivity contribution in [1.29, 1.82) is 0 Å². The van der Waals surface area contributed by atoms with E-state index >= 15 is 0 Å². The Labute approximate surface area is 149 Å². The van der Waals surface area contributed by atoms with Gasteiger partial charge in [-0.05, 0) is 17.7 Å². The third-order valence-electron chi connectivity index (χ3n) is 4.15. The van der Waals surface area contributed by atoms with Crippen LogP contribution in [0, 0.1) is 5.82 Å². The minimum Gasteiger partial charge on any atom is -0.394 e. The van der Waals surface area contributed by atoms with Gasteiger partial charge in [0.2, 0.25) is 5.91 Å². The first-order valence-electron chi connectivity index (χ1n) is 7.67. The molecule has 0 aliphatic carbocycles. The van der Waals surface area contributed by atoms with Crippen LogP contribution < -0.4 is 11.3 Å². The second-order valence-corrected chi connectivity index (χ2v) is 5.87. The first kappa shape index (κ1) is 20.8. The van der Waals surface area contributed by atoms with Gasteiger partial charge in [0.1, 0.15) is 12.2 Å². The molecule has 1 aromatic heterocycles. The Morgan fingerprint density at radius 3 is 2.30 bits per heavy atom. The summed E-state index contributed by atoms with van der Waals surface area (Å²) in [6, 6.07) is 3.96. The number of hydrogen-bond donors (Lipinski definition) is 5. The predicted octanol–water partition coefficient (Wildman–Crippen LogP) is -0.820. The maximum Gasteiger partial charge on any atom is 0.321 e. The molecule has 0 radical (unpaired) electrons. The fraction of sp³-hybridized carbons (Fsp3) is 0.375. The first-order valence-corrected chi connectivity index (χ1v) is 7.67. The fourth-order valence-electron chi connectivity index (χ4n) is 2.76. The molecule has 2 rings (SSSR count). The first-order chi connectivity index (χ1) is 12.6. The van der Waals surface area contributed by atoms with Gasteiger partial charge >= 0.3 is 6.55 Å². The molecular weight excluding hydrogens is 372 g/mol. The van der Waals surface area contributed by atoms with E-state index in [-0.39, 0.29) is 15.5 Å². The predicted molar refractivity (Wildman–Crippen MR) is 86.5 cm³/mol. The summed E-state index contributed by atoms with van der Waals surface area (Å²) in [6.07, 6.45) is -5.77. The van der Waals surface area contributed by atoms with E-state index in [1.54, 1.807) is 0 Å². The van der Waals surface area contributed by atoms with Gasteiger partial charge < -0.3 is 26.2 Å². The summed E-state index contributed by atoms with van der Waals surface area (Å²) in [4.78, 5) is 23.4. The molecule has 27 heavy (non-hydrogen) atoms. The standard InChI is InChI=1S/C16H17F3N2O6/c17-8-3-6-1-2-7(4-9(6)21(15(8)27)16(18)19)11(14(20)26)13(25)12(24)10(23)5-22/h1-4,10-13,16,22-25H,5H2,(H2,20,26)/t10-,11-,12-,13-/m1/s1/i17-1. The van der Waals surface area contributed by atoms with Crippen molar-refractivity contribution in [2.24, 2.45) is 5.73 Å². The minimum atomic E-state index is -3.38. The molecule has 148 valence electrons. The van der Waals surface area contributed by atoms with E-state index in [2.05, 4.69) is 0 Å². The van der Waals surface area contributed by atoms with E-state index in [1.165, 1.54) is 6.07 Å².